The summed E-state index contributed by atoms with van der Waals surface area (Å²) in [6, 6.07) is 4.98. The van der Waals surface area contributed by atoms with Crippen molar-refractivity contribution in [3.05, 3.63) is 50.1 Å². The van der Waals surface area contributed by atoms with Gasteiger partial charge in [0, 0.05) is 22.5 Å². The molecule has 0 aliphatic rings. The molecule has 0 aliphatic carbocycles. The fourth-order valence-corrected chi connectivity index (χ4v) is 5.59. The van der Waals surface area contributed by atoms with Gasteiger partial charge >= 0.3 is 5.97 Å². The molecule has 2 aromatic heterocycles. The minimum absolute atomic E-state index is 0.0954. The Morgan fingerprint density at radius 3 is 2.68 bits per heavy atom. The van der Waals surface area contributed by atoms with Crippen molar-refractivity contribution in [3.63, 3.8) is 0 Å². The van der Waals surface area contributed by atoms with Gasteiger partial charge in [-0.2, -0.15) is 0 Å². The van der Waals surface area contributed by atoms with Crippen LogP contribution in [0, 0.1) is 6.92 Å². The number of amides is 1. The van der Waals surface area contributed by atoms with Gasteiger partial charge in [-0.25, -0.2) is 4.79 Å². The average Bonchev–Trinajstić information content (AvgIpc) is 3.36. The molecule has 0 unspecified atom stereocenters. The van der Waals surface area contributed by atoms with Gasteiger partial charge in [0.05, 0.1) is 23.4 Å². The molecule has 0 aliphatic heterocycles. The molecule has 182 valence electrons. The molecular weight excluding hydrogens is 519 g/mol. The third-order valence-corrected chi connectivity index (χ3v) is 7.47. The van der Waals surface area contributed by atoms with Crippen molar-refractivity contribution in [2.24, 2.45) is 0 Å². The van der Waals surface area contributed by atoms with E-state index in [1.165, 1.54) is 30.2 Å². The van der Waals surface area contributed by atoms with Crippen LogP contribution in [0.25, 0.3) is 0 Å². The Morgan fingerprint density at radius 2 is 2.00 bits per heavy atom. The molecule has 1 aromatic carbocycles. The second kappa shape index (κ2) is 11.9. The summed E-state index contributed by atoms with van der Waals surface area (Å²) in [5.41, 5.74) is 1.30. The van der Waals surface area contributed by atoms with E-state index >= 15 is 0 Å². The van der Waals surface area contributed by atoms with Crippen LogP contribution < -0.4 is 10.1 Å². The fourth-order valence-electron chi connectivity index (χ4n) is 3.28. The quantitative estimate of drug-likeness (QED) is 0.262. The van der Waals surface area contributed by atoms with Crippen LogP contribution in [0.4, 0.5) is 5.00 Å². The van der Waals surface area contributed by atoms with Gasteiger partial charge in [0.15, 0.2) is 11.0 Å². The Bertz CT molecular complexity index is 1200. The number of esters is 1. The summed E-state index contributed by atoms with van der Waals surface area (Å²) < 4.78 is 12.5. The van der Waals surface area contributed by atoms with Crippen molar-refractivity contribution < 1.29 is 19.1 Å². The maximum absolute atomic E-state index is 12.7. The number of carbonyl (C=O) groups is 2. The number of halogens is 2. The third kappa shape index (κ3) is 6.04. The molecule has 0 bridgehead atoms. The topological polar surface area (TPSA) is 95.3 Å². The molecule has 12 heteroatoms. The predicted molar refractivity (Wildman–Crippen MR) is 136 cm³/mol. The average molecular weight is 543 g/mol. The fraction of sp³-hybridized carbons (Fsp3) is 0.364. The van der Waals surface area contributed by atoms with E-state index in [-0.39, 0.29) is 18.3 Å². The first-order valence-electron chi connectivity index (χ1n) is 10.4. The number of hydrogen-bond acceptors (Lipinski definition) is 8. The lowest BCUT2D eigenvalue weighted by atomic mass is 10.1. The first-order valence-corrected chi connectivity index (χ1v) is 13.0. The van der Waals surface area contributed by atoms with Crippen LogP contribution in [-0.2, 0) is 29.1 Å². The normalized spacial score (nSPS) is 10.9. The Morgan fingerprint density at radius 1 is 1.24 bits per heavy atom. The smallest absolute Gasteiger partial charge is 0.341 e. The van der Waals surface area contributed by atoms with Crippen molar-refractivity contribution >= 4 is 63.2 Å². The van der Waals surface area contributed by atoms with Gasteiger partial charge in [0.2, 0.25) is 5.91 Å². The van der Waals surface area contributed by atoms with Gasteiger partial charge in [-0.3, -0.25) is 4.79 Å². The van der Waals surface area contributed by atoms with Crippen molar-refractivity contribution in [3.8, 4) is 5.75 Å². The van der Waals surface area contributed by atoms with E-state index in [0.717, 1.165) is 10.4 Å². The molecule has 0 spiro atoms. The standard InChI is InChI=1S/C22H24Cl2N4O4S2/c1-5-14-12(3)34-20(19(14)21(30)31-4)25-18(29)11-33-22-27-26-17(28(22)6-2)10-32-16-9-13(23)7-8-15(16)24/h7-9H,5-6,10-11H2,1-4H3,(H,25,29). The second-order valence-electron chi connectivity index (χ2n) is 7.03. The first kappa shape index (κ1) is 26.3. The Hall–Kier alpha value is -2.27. The number of thiophene rings is 1. The highest BCUT2D eigenvalue weighted by atomic mass is 35.5. The monoisotopic (exact) mass is 542 g/mol. The van der Waals surface area contributed by atoms with Gasteiger partial charge in [0.1, 0.15) is 17.4 Å². The van der Waals surface area contributed by atoms with Crippen LogP contribution in [0.15, 0.2) is 23.4 Å². The number of carbonyl (C=O) groups excluding carboxylic acids is 2. The molecule has 0 fully saturated rings. The number of aromatic nitrogens is 3. The number of nitrogens with one attached hydrogen (secondary N) is 1. The molecule has 0 radical (unpaired) electrons. The number of thioether (sulfide) groups is 1. The number of nitrogens with zero attached hydrogens (tertiary/aromatic N) is 3. The van der Waals surface area contributed by atoms with E-state index in [9.17, 15) is 9.59 Å². The zero-order valence-corrected chi connectivity index (χ0v) is 22.3. The maximum Gasteiger partial charge on any atom is 0.341 e. The number of aryl methyl sites for hydroxylation is 1. The van der Waals surface area contributed by atoms with Crippen LogP contribution in [0.1, 0.15) is 40.5 Å². The maximum atomic E-state index is 12.7. The Labute approximate surface area is 215 Å². The van der Waals surface area contributed by atoms with Gasteiger partial charge < -0.3 is 19.4 Å². The first-order chi connectivity index (χ1) is 16.3. The van der Waals surface area contributed by atoms with Crippen molar-refractivity contribution in [2.75, 3.05) is 18.2 Å². The zero-order chi connectivity index (χ0) is 24.8. The molecule has 8 nitrogen and oxygen atoms in total. The number of ether oxygens (including phenoxy) is 2. The molecule has 0 saturated carbocycles. The minimum Gasteiger partial charge on any atom is -0.484 e. The van der Waals surface area contributed by atoms with Gasteiger partial charge in [-0.05, 0) is 38.0 Å². The summed E-state index contributed by atoms with van der Waals surface area (Å²) >= 11 is 14.8. The summed E-state index contributed by atoms with van der Waals surface area (Å²) in [6.45, 7) is 6.57. The molecule has 3 rings (SSSR count). The van der Waals surface area contributed by atoms with Gasteiger partial charge in [0.25, 0.3) is 0 Å². The summed E-state index contributed by atoms with van der Waals surface area (Å²) in [5.74, 6) is 0.425. The van der Waals surface area contributed by atoms with Crippen molar-refractivity contribution in [2.45, 2.75) is 45.5 Å². The lowest BCUT2D eigenvalue weighted by Crippen LogP contribution is -2.17. The molecule has 34 heavy (non-hydrogen) atoms. The third-order valence-electron chi connectivity index (χ3n) is 4.90. The van der Waals surface area contributed by atoms with E-state index in [1.807, 2.05) is 25.3 Å². The van der Waals surface area contributed by atoms with Crippen LogP contribution in [0.3, 0.4) is 0 Å². The number of anilines is 1. The number of rotatable bonds is 10. The molecule has 0 atom stereocenters. The summed E-state index contributed by atoms with van der Waals surface area (Å²) in [4.78, 5) is 25.9. The number of benzene rings is 1. The largest absolute Gasteiger partial charge is 0.484 e. The van der Waals surface area contributed by atoms with Crippen molar-refractivity contribution in [1.29, 1.82) is 0 Å². The van der Waals surface area contributed by atoms with Crippen LogP contribution in [0.2, 0.25) is 10.0 Å². The number of hydrogen-bond donors (Lipinski definition) is 1. The lowest BCUT2D eigenvalue weighted by molar-refractivity contribution is -0.113. The SMILES string of the molecule is CCc1c(C)sc(NC(=O)CSc2nnc(COc3cc(Cl)ccc3Cl)n2CC)c1C(=O)OC. The van der Waals surface area contributed by atoms with E-state index in [0.29, 0.717) is 50.3 Å². The second-order valence-corrected chi connectivity index (χ2v) is 10.0. The van der Waals surface area contributed by atoms with E-state index in [4.69, 9.17) is 32.7 Å². The Balaban J connectivity index is 1.66. The van der Waals surface area contributed by atoms with E-state index < -0.39 is 5.97 Å². The van der Waals surface area contributed by atoms with Gasteiger partial charge in [-0.1, -0.05) is 41.9 Å². The highest BCUT2D eigenvalue weighted by molar-refractivity contribution is 7.99. The molecule has 2 heterocycles. The molecule has 3 aromatic rings. The van der Waals surface area contributed by atoms with Crippen molar-refractivity contribution in [1.82, 2.24) is 14.8 Å². The number of methoxy groups -OCH3 is 1. The van der Waals surface area contributed by atoms with Crippen LogP contribution in [0.5, 0.6) is 5.75 Å². The van der Waals surface area contributed by atoms with E-state index in [2.05, 4.69) is 15.5 Å². The highest BCUT2D eigenvalue weighted by Gasteiger charge is 2.23. The van der Waals surface area contributed by atoms with Crippen LogP contribution in [-0.4, -0.2) is 39.5 Å². The van der Waals surface area contributed by atoms with E-state index in [1.54, 1.807) is 18.2 Å². The molecular formula is C22H24Cl2N4O4S2. The summed E-state index contributed by atoms with van der Waals surface area (Å²) in [7, 11) is 1.33. The molecule has 0 saturated heterocycles. The highest BCUT2D eigenvalue weighted by Crippen LogP contribution is 2.34. The summed E-state index contributed by atoms with van der Waals surface area (Å²) in [6.07, 6.45) is 0.669. The minimum atomic E-state index is -0.459. The molecule has 1 N–H and O–H groups in total. The molecule has 1 amide bonds. The van der Waals surface area contributed by atoms with Crippen LogP contribution >= 0.6 is 46.3 Å². The summed E-state index contributed by atoms with van der Waals surface area (Å²) in [5, 5.41) is 13.3. The van der Waals surface area contributed by atoms with Gasteiger partial charge in [-0.15, -0.1) is 21.5 Å². The predicted octanol–water partition coefficient (Wildman–Crippen LogP) is 5.63. The Kier molecular flexibility index (Phi) is 9.24. The lowest BCUT2D eigenvalue weighted by Gasteiger charge is -2.10. The zero-order valence-electron chi connectivity index (χ0n) is 19.1.